The molecule has 0 aliphatic carbocycles. The van der Waals surface area contributed by atoms with E-state index in [0.717, 1.165) is 31.9 Å². The lowest BCUT2D eigenvalue weighted by Crippen LogP contribution is -2.61. The van der Waals surface area contributed by atoms with Gasteiger partial charge in [-0.3, -0.25) is 72.3 Å². The maximum atomic E-state index is 14.6. The number of hydrogen-bond donors (Lipinski definition) is 19. The molecule has 0 spiro atoms. The van der Waals surface area contributed by atoms with E-state index in [2.05, 4.69) is 68.1 Å². The van der Waals surface area contributed by atoms with Crippen molar-refractivity contribution in [1.29, 1.82) is 0 Å². The Morgan fingerprint density at radius 2 is 1.19 bits per heavy atom. The van der Waals surface area contributed by atoms with Gasteiger partial charge in [0.25, 0.3) is 0 Å². The van der Waals surface area contributed by atoms with Gasteiger partial charge < -0.3 is 108 Å². The van der Waals surface area contributed by atoms with Crippen molar-refractivity contribution in [2.24, 2.45) is 44.4 Å². The lowest BCUT2D eigenvalue weighted by atomic mass is 10.0. The van der Waals surface area contributed by atoms with Crippen LogP contribution in [0.2, 0.25) is 0 Å². The van der Waals surface area contributed by atoms with E-state index in [1.165, 1.54) is 6.92 Å². The molecule has 2 bridgehead atoms. The number of aliphatic carboxylic acids is 1. The molecule has 35 nitrogen and oxygen atoms in total. The number of primary amides is 1. The molecule has 4 heterocycles. The Morgan fingerprint density at radius 3 is 1.81 bits per heavy atom. The molecule has 3 aliphatic rings. The van der Waals surface area contributed by atoms with Gasteiger partial charge in [0.05, 0.1) is 19.6 Å². The van der Waals surface area contributed by atoms with E-state index in [-0.39, 0.29) is 108 Å². The van der Waals surface area contributed by atoms with Gasteiger partial charge in [0, 0.05) is 48.8 Å². The van der Waals surface area contributed by atoms with E-state index >= 15 is 0 Å². The third-order valence-corrected chi connectivity index (χ3v) is 17.2. The van der Waals surface area contributed by atoms with E-state index in [1.807, 2.05) is 0 Å². The van der Waals surface area contributed by atoms with Gasteiger partial charge in [0.2, 0.25) is 70.9 Å². The summed E-state index contributed by atoms with van der Waals surface area (Å²) in [6, 6.07) is -8.46. The topological polar surface area (TPSA) is 583 Å². The number of amides is 12. The molecule has 25 N–H and O–H groups in total. The van der Waals surface area contributed by atoms with Crippen molar-refractivity contribution in [1.82, 2.24) is 63.1 Å². The molecule has 500 valence electrons. The van der Waals surface area contributed by atoms with Crippen LogP contribution in [0.1, 0.15) is 83.2 Å². The molecule has 1 aromatic carbocycles. The maximum Gasteiger partial charge on any atom is 0.305 e. The number of H-pyrrole nitrogens is 1. The number of aliphatic hydroxyl groups is 1. The molecule has 0 saturated carbocycles. The normalized spacial score (nSPS) is 26.1. The summed E-state index contributed by atoms with van der Waals surface area (Å²) in [6.07, 6.45) is -1.78. The highest BCUT2D eigenvalue weighted by atomic mass is 33.1. The van der Waals surface area contributed by atoms with Crippen molar-refractivity contribution in [3.05, 3.63) is 36.0 Å². The highest BCUT2D eigenvalue weighted by molar-refractivity contribution is 8.76. The Balaban J connectivity index is 1.65. The van der Waals surface area contributed by atoms with Crippen LogP contribution < -0.4 is 87.6 Å². The molecular formula is C54H82N20O15S2. The summed E-state index contributed by atoms with van der Waals surface area (Å²) in [5.74, 6) is -14.8. The zero-order valence-corrected chi connectivity index (χ0v) is 51.6. The minimum absolute atomic E-state index is 0.00532. The van der Waals surface area contributed by atoms with Gasteiger partial charge in [-0.2, -0.15) is 0 Å². The first kappa shape index (κ1) is 72.8. The Kier molecular flexibility index (Phi) is 28.8. The Hall–Kier alpha value is -8.97. The molecule has 3 aliphatic heterocycles. The molecule has 5 rings (SSSR count). The van der Waals surface area contributed by atoms with E-state index < -0.39 is 169 Å². The summed E-state index contributed by atoms with van der Waals surface area (Å²) in [4.78, 5) is 194. The minimum atomic E-state index is -1.93. The van der Waals surface area contributed by atoms with Gasteiger partial charge in [-0.15, -0.1) is 0 Å². The monoisotopic (exact) mass is 1310 g/mol. The fraction of sp³-hybridized carbons (Fsp3) is 0.574. The first-order valence-corrected chi connectivity index (χ1v) is 31.8. The molecule has 91 heavy (non-hydrogen) atoms. The summed E-state index contributed by atoms with van der Waals surface area (Å²) in [6.45, 7) is -0.677. The van der Waals surface area contributed by atoms with E-state index in [1.54, 1.807) is 30.3 Å². The van der Waals surface area contributed by atoms with Crippen molar-refractivity contribution in [3.8, 4) is 0 Å². The number of carbonyl (C=O) groups excluding carboxylic acids is 12. The van der Waals surface area contributed by atoms with Crippen LogP contribution in [0.3, 0.4) is 0 Å². The number of benzene rings is 1. The Bertz CT molecular complexity index is 3000. The third-order valence-electron chi connectivity index (χ3n) is 14.8. The van der Waals surface area contributed by atoms with Crippen LogP contribution >= 0.6 is 21.6 Å². The van der Waals surface area contributed by atoms with Crippen LogP contribution in [0.5, 0.6) is 0 Å². The van der Waals surface area contributed by atoms with Gasteiger partial charge in [-0.05, 0) is 75.8 Å². The SMILES string of the molecule is C[C@@H]1NC(=O)C2CCCC[C@H](NC(=O)CN)C(=O)N[C@@H](CSSC[C@@H](C(N)=O)NC(=O)[C@H](CCCN=C(N)N)NC(=O)[C@H](Cc3cc4ccccc4[nH]3)NC1=O)C(=O)N[C@@H](CO)C(=O)N[C@@H](CC(=O)O)C(=O)N1CCCC1C(=O)N[C@@H](CCCN=C(N)N)C(=O)N2. The number of aliphatic imine (C=N–C) groups is 2. The number of aromatic amines is 1. The maximum absolute atomic E-state index is 14.6. The average molecular weight is 1320 g/mol. The highest BCUT2D eigenvalue weighted by Gasteiger charge is 2.42. The van der Waals surface area contributed by atoms with Crippen molar-refractivity contribution in [3.63, 3.8) is 0 Å². The Labute approximate surface area is 530 Å². The minimum Gasteiger partial charge on any atom is -0.481 e. The summed E-state index contributed by atoms with van der Waals surface area (Å²) in [5, 5.41) is 46.4. The summed E-state index contributed by atoms with van der Waals surface area (Å²) in [5.41, 5.74) is 34.8. The van der Waals surface area contributed by atoms with Crippen molar-refractivity contribution in [2.45, 2.75) is 150 Å². The zero-order chi connectivity index (χ0) is 66.9. The number of aliphatic hydroxyl groups excluding tert-OH is 1. The Morgan fingerprint density at radius 1 is 0.626 bits per heavy atom. The number of hydrogen-bond acceptors (Lipinski definition) is 19. The van der Waals surface area contributed by atoms with Gasteiger partial charge in [-0.25, -0.2) is 0 Å². The van der Waals surface area contributed by atoms with Crippen LogP contribution in [-0.2, 0) is 68.7 Å². The molecule has 0 radical (unpaired) electrons. The van der Waals surface area contributed by atoms with Crippen LogP contribution in [0, 0.1) is 0 Å². The van der Waals surface area contributed by atoms with Crippen LogP contribution in [0.4, 0.5) is 0 Å². The van der Waals surface area contributed by atoms with E-state index in [9.17, 15) is 72.5 Å². The van der Waals surface area contributed by atoms with Gasteiger partial charge in [-0.1, -0.05) is 52.6 Å². The second-order valence-corrected chi connectivity index (χ2v) is 24.3. The summed E-state index contributed by atoms with van der Waals surface area (Å²) in [7, 11) is 1.70. The number of nitrogens with one attached hydrogen (secondary N) is 11. The number of carbonyl (C=O) groups is 13. The molecule has 11 atom stereocenters. The first-order chi connectivity index (χ1) is 43.3. The fourth-order valence-corrected chi connectivity index (χ4v) is 12.3. The fourth-order valence-electron chi connectivity index (χ4n) is 9.97. The van der Waals surface area contributed by atoms with E-state index in [0.29, 0.717) is 11.2 Å². The molecule has 2 unspecified atom stereocenters. The molecule has 12 amide bonds. The van der Waals surface area contributed by atoms with Crippen LogP contribution in [0.15, 0.2) is 40.3 Å². The number of fused-ring (bicyclic) bond motifs is 10. The van der Waals surface area contributed by atoms with Gasteiger partial charge in [0.1, 0.15) is 66.5 Å². The number of nitrogens with two attached hydrogens (primary N) is 6. The van der Waals surface area contributed by atoms with Crippen molar-refractivity contribution < 1.29 is 72.5 Å². The number of nitrogens with zero attached hydrogens (tertiary/aromatic N) is 3. The zero-order valence-electron chi connectivity index (χ0n) is 50.0. The lowest BCUT2D eigenvalue weighted by Gasteiger charge is -2.30. The molecule has 3 saturated heterocycles. The molecule has 3 fully saturated rings. The number of carboxylic acids is 1. The second-order valence-electron chi connectivity index (χ2n) is 21.8. The average Bonchev–Trinajstić information content (AvgIpc) is 2.00. The number of rotatable bonds is 16. The summed E-state index contributed by atoms with van der Waals surface area (Å²) >= 11 is 0. The number of aromatic nitrogens is 1. The molecule has 2 aromatic rings. The van der Waals surface area contributed by atoms with Crippen molar-refractivity contribution in [2.75, 3.05) is 44.3 Å². The third kappa shape index (κ3) is 23.1. The van der Waals surface area contributed by atoms with Crippen molar-refractivity contribution >= 4 is 121 Å². The number of para-hydroxylation sites is 1. The number of guanidine groups is 2. The molecule has 37 heteroatoms. The first-order valence-electron chi connectivity index (χ1n) is 29.4. The van der Waals surface area contributed by atoms with Crippen LogP contribution in [-0.4, -0.2) is 220 Å². The van der Waals surface area contributed by atoms with Crippen LogP contribution in [0.25, 0.3) is 10.9 Å². The predicted molar refractivity (Wildman–Crippen MR) is 333 cm³/mol. The largest absolute Gasteiger partial charge is 0.481 e. The van der Waals surface area contributed by atoms with E-state index in [4.69, 9.17) is 34.4 Å². The molecule has 1 aromatic heterocycles. The smallest absolute Gasteiger partial charge is 0.305 e. The quantitative estimate of drug-likeness (QED) is 0.0321. The summed E-state index contributed by atoms with van der Waals surface area (Å²) < 4.78 is 0. The molecular weight excluding hydrogens is 1230 g/mol. The highest BCUT2D eigenvalue weighted by Crippen LogP contribution is 2.25. The van der Waals surface area contributed by atoms with Gasteiger partial charge >= 0.3 is 5.97 Å². The second kappa shape index (κ2) is 36.0. The number of carboxylic acid groups (broad SMARTS) is 1. The predicted octanol–water partition coefficient (Wildman–Crippen LogP) is -7.44. The standard InChI is InChI=1S/C54H82N20O15S2/c1-26-43(80)69-34(20-28-19-27-9-2-3-10-29(27)64-28)48(85)67-32(13-6-16-61-53(57)58)47(84)72-37(42(56)79)24-90-91-25-38-50(87)71-36(23-75)49(86)70-35(21-41(77)78)52(89)74-18-8-15-39(74)51(88)68-33(14-7-17-62-54(59)60)46(83)66-31(44(81)63-26)12-5-4-11-30(45(82)73-38)65-40(76)22-55/h2-3,9-10,19,26,30-39,64,75H,4-8,11-18,20-25,55H2,1H3,(H2,56,79)(H,63,81)(H,65,76)(H,66,83)(H,67,85)(H,68,88)(H,69,80)(H,70,86)(H,71,87)(H,72,84)(H,73,82)(H,77,78)(H4,57,58,61)(H4,59,60,62)/t26-,30-,31?,32-,33-,34-,35-,36-,37-,38-,39?/m0/s1. The van der Waals surface area contributed by atoms with Gasteiger partial charge in [0.15, 0.2) is 11.9 Å². The lowest BCUT2D eigenvalue weighted by molar-refractivity contribution is -0.146.